The van der Waals surface area contributed by atoms with Crippen LogP contribution in [0.5, 0.6) is 23.0 Å². The number of fused-ring (bicyclic) bond motifs is 1. The van der Waals surface area contributed by atoms with Crippen molar-refractivity contribution in [2.24, 2.45) is 0 Å². The predicted octanol–water partition coefficient (Wildman–Crippen LogP) is 2.41. The maximum atomic E-state index is 11.1. The minimum Gasteiger partial charge on any atom is -0.504 e. The van der Waals surface area contributed by atoms with Crippen LogP contribution in [0.2, 0.25) is 0 Å². The zero-order valence-electron chi connectivity index (χ0n) is 13.2. The highest BCUT2D eigenvalue weighted by Crippen LogP contribution is 2.40. The van der Waals surface area contributed by atoms with Gasteiger partial charge in [0.2, 0.25) is 0 Å². The molecular formula is C18H17NO6. The zero-order valence-corrected chi connectivity index (χ0v) is 13.2. The number of nitrogens with one attached hydrogen (secondary N) is 1. The van der Waals surface area contributed by atoms with Gasteiger partial charge in [0.1, 0.15) is 0 Å². The molecule has 25 heavy (non-hydrogen) atoms. The van der Waals surface area contributed by atoms with Gasteiger partial charge in [0.05, 0.1) is 5.56 Å². The van der Waals surface area contributed by atoms with E-state index in [1.165, 1.54) is 30.3 Å². The third kappa shape index (κ3) is 3.36. The molecule has 0 aromatic heterocycles. The second-order valence-electron chi connectivity index (χ2n) is 5.49. The summed E-state index contributed by atoms with van der Waals surface area (Å²) in [4.78, 5) is 11.1. The fourth-order valence-corrected chi connectivity index (χ4v) is 2.54. The van der Waals surface area contributed by atoms with Crippen molar-refractivity contribution in [1.82, 2.24) is 5.32 Å². The van der Waals surface area contributed by atoms with E-state index in [0.717, 1.165) is 0 Å². The highest BCUT2D eigenvalue weighted by molar-refractivity contribution is 5.88. The van der Waals surface area contributed by atoms with Gasteiger partial charge >= 0.3 is 5.97 Å². The molecule has 0 saturated heterocycles. The minimum absolute atomic E-state index is 0.0885. The van der Waals surface area contributed by atoms with Crippen molar-refractivity contribution in [3.63, 3.8) is 0 Å². The summed E-state index contributed by atoms with van der Waals surface area (Å²) in [5, 5.41) is 31.4. The summed E-state index contributed by atoms with van der Waals surface area (Å²) >= 11 is 0. The maximum Gasteiger partial charge on any atom is 0.335 e. The molecule has 7 nitrogen and oxygen atoms in total. The van der Waals surface area contributed by atoms with Gasteiger partial charge < -0.3 is 24.8 Å². The number of carboxylic acids is 1. The van der Waals surface area contributed by atoms with Crippen molar-refractivity contribution in [3.8, 4) is 23.0 Å². The molecular weight excluding hydrogens is 326 g/mol. The Hall–Kier alpha value is -3.19. The topological polar surface area (TPSA) is 108 Å². The van der Waals surface area contributed by atoms with Crippen LogP contribution in [0.4, 0.5) is 0 Å². The van der Waals surface area contributed by atoms with Gasteiger partial charge in [-0.1, -0.05) is 12.1 Å². The number of rotatable bonds is 5. The maximum absolute atomic E-state index is 11.1. The lowest BCUT2D eigenvalue weighted by Crippen LogP contribution is -2.44. The number of phenols is 2. The van der Waals surface area contributed by atoms with Gasteiger partial charge in [0.25, 0.3) is 0 Å². The van der Waals surface area contributed by atoms with Crippen LogP contribution in [0.25, 0.3) is 0 Å². The molecule has 2 atom stereocenters. The van der Waals surface area contributed by atoms with E-state index in [1.54, 1.807) is 12.1 Å². The van der Waals surface area contributed by atoms with Crippen molar-refractivity contribution in [2.45, 2.75) is 12.3 Å². The van der Waals surface area contributed by atoms with E-state index in [-0.39, 0.29) is 17.1 Å². The summed E-state index contributed by atoms with van der Waals surface area (Å²) in [7, 11) is 0. The van der Waals surface area contributed by atoms with Crippen LogP contribution in [0.3, 0.4) is 0 Å². The van der Waals surface area contributed by atoms with E-state index >= 15 is 0 Å². The quantitative estimate of drug-likeness (QED) is 0.488. The first-order valence-electron chi connectivity index (χ1n) is 7.56. The molecule has 1 aliphatic rings. The lowest BCUT2D eigenvalue weighted by molar-refractivity contribution is 0.00131. The van der Waals surface area contributed by atoms with Crippen LogP contribution in [0, 0.1) is 0 Å². The smallest absolute Gasteiger partial charge is 0.335 e. The Morgan fingerprint density at radius 3 is 2.60 bits per heavy atom. The van der Waals surface area contributed by atoms with Gasteiger partial charge in [-0.15, -0.1) is 6.58 Å². The first-order chi connectivity index (χ1) is 12.0. The normalized spacial score (nSPS) is 18.6. The molecule has 1 aliphatic heterocycles. The van der Waals surface area contributed by atoms with Crippen LogP contribution < -0.4 is 14.8 Å². The highest BCUT2D eigenvalue weighted by atomic mass is 16.6. The molecule has 3 rings (SSSR count). The van der Waals surface area contributed by atoms with Crippen LogP contribution in [-0.4, -0.2) is 34.1 Å². The lowest BCUT2D eigenvalue weighted by Gasteiger charge is -2.34. The van der Waals surface area contributed by atoms with Crippen LogP contribution >= 0.6 is 0 Å². The van der Waals surface area contributed by atoms with Crippen molar-refractivity contribution < 1.29 is 29.6 Å². The number of aromatic carboxylic acids is 1. The number of hydrogen-bond acceptors (Lipinski definition) is 6. The number of carbonyl (C=O) groups is 1. The number of carboxylic acid groups (broad SMARTS) is 1. The van der Waals surface area contributed by atoms with E-state index < -0.39 is 18.3 Å². The molecule has 0 amide bonds. The molecule has 2 aromatic carbocycles. The third-order valence-corrected chi connectivity index (χ3v) is 3.76. The molecule has 0 spiro atoms. The van der Waals surface area contributed by atoms with Gasteiger partial charge in [-0.3, -0.25) is 5.32 Å². The Bertz CT molecular complexity index is 819. The first kappa shape index (κ1) is 16.7. The largest absolute Gasteiger partial charge is 0.504 e. The second-order valence-corrected chi connectivity index (χ2v) is 5.49. The van der Waals surface area contributed by atoms with Gasteiger partial charge in [0.15, 0.2) is 35.3 Å². The fraction of sp³-hybridized carbons (Fsp3) is 0.167. The Labute approximate surface area is 143 Å². The molecule has 0 radical (unpaired) electrons. The van der Waals surface area contributed by atoms with Gasteiger partial charge in [-0.25, -0.2) is 4.79 Å². The predicted molar refractivity (Wildman–Crippen MR) is 89.2 cm³/mol. The van der Waals surface area contributed by atoms with Crippen molar-refractivity contribution >= 4 is 5.97 Å². The number of benzene rings is 2. The minimum atomic E-state index is -1.06. The van der Waals surface area contributed by atoms with Crippen molar-refractivity contribution in [2.75, 3.05) is 6.54 Å². The SMILES string of the molecule is C=CCN[C@@H]1Oc2cc(C(=O)O)ccc2O[C@H]1c1ccc(O)c(O)c1. The van der Waals surface area contributed by atoms with Gasteiger partial charge in [-0.2, -0.15) is 0 Å². The molecule has 0 saturated carbocycles. The Balaban J connectivity index is 1.97. The summed E-state index contributed by atoms with van der Waals surface area (Å²) in [5.41, 5.74) is 0.676. The summed E-state index contributed by atoms with van der Waals surface area (Å²) in [6.45, 7) is 4.07. The van der Waals surface area contributed by atoms with Crippen molar-refractivity contribution in [1.29, 1.82) is 0 Å². The number of hydrogen-bond donors (Lipinski definition) is 4. The van der Waals surface area contributed by atoms with Crippen molar-refractivity contribution in [3.05, 3.63) is 60.2 Å². The van der Waals surface area contributed by atoms with E-state index in [4.69, 9.17) is 14.6 Å². The standard InChI is InChI=1S/C18H17NO6/c1-2-7-19-17-16(10-3-5-12(20)13(21)8-10)24-14-6-4-11(18(22)23)9-15(14)25-17/h2-6,8-9,16-17,19-21H,1,7H2,(H,22,23)/t16-,17+/m0/s1. The first-order valence-corrected chi connectivity index (χ1v) is 7.56. The summed E-state index contributed by atoms with van der Waals surface area (Å²) in [5.74, 6) is -0.870. The monoisotopic (exact) mass is 343 g/mol. The van der Waals surface area contributed by atoms with E-state index in [0.29, 0.717) is 23.6 Å². The Morgan fingerprint density at radius 1 is 1.12 bits per heavy atom. The number of ether oxygens (including phenoxy) is 2. The van der Waals surface area contributed by atoms with E-state index in [2.05, 4.69) is 11.9 Å². The highest BCUT2D eigenvalue weighted by Gasteiger charge is 2.33. The summed E-state index contributed by atoms with van der Waals surface area (Å²) in [6.07, 6.45) is 0.394. The molecule has 2 aromatic rings. The summed E-state index contributed by atoms with van der Waals surface area (Å²) < 4.78 is 11.8. The van der Waals surface area contributed by atoms with Crippen LogP contribution in [-0.2, 0) is 0 Å². The van der Waals surface area contributed by atoms with Crippen LogP contribution in [0.15, 0.2) is 49.1 Å². The molecule has 1 heterocycles. The lowest BCUT2D eigenvalue weighted by atomic mass is 10.1. The molecule has 7 heteroatoms. The molecule has 0 bridgehead atoms. The second kappa shape index (κ2) is 6.74. The average molecular weight is 343 g/mol. The van der Waals surface area contributed by atoms with E-state index in [9.17, 15) is 15.0 Å². The molecule has 0 fully saturated rings. The van der Waals surface area contributed by atoms with Gasteiger partial charge in [-0.05, 0) is 30.3 Å². The Morgan fingerprint density at radius 2 is 1.92 bits per heavy atom. The Kier molecular flexibility index (Phi) is 4.49. The summed E-state index contributed by atoms with van der Waals surface area (Å²) in [6, 6.07) is 8.71. The number of aromatic hydroxyl groups is 2. The molecule has 4 N–H and O–H groups in total. The fourth-order valence-electron chi connectivity index (χ4n) is 2.54. The van der Waals surface area contributed by atoms with Gasteiger partial charge in [0, 0.05) is 12.1 Å². The van der Waals surface area contributed by atoms with E-state index in [1.807, 2.05) is 0 Å². The third-order valence-electron chi connectivity index (χ3n) is 3.76. The average Bonchev–Trinajstić information content (AvgIpc) is 2.61. The zero-order chi connectivity index (χ0) is 18.0. The number of phenolic OH excluding ortho intramolecular Hbond substituents is 2. The molecule has 130 valence electrons. The molecule has 0 unspecified atom stereocenters. The molecule has 0 aliphatic carbocycles. The van der Waals surface area contributed by atoms with Crippen LogP contribution in [0.1, 0.15) is 22.0 Å².